The minimum Gasteiger partial charge on any atom is -0.504 e. The van der Waals surface area contributed by atoms with Crippen LogP contribution in [0.2, 0.25) is 0 Å². The second-order valence-electron chi connectivity index (χ2n) is 6.76. The number of hydrogen-bond acceptors (Lipinski definition) is 7. The van der Waals surface area contributed by atoms with Crippen LogP contribution in [0, 0.1) is 0 Å². The number of nitrogens with zero attached hydrogens (tertiary/aromatic N) is 5. The van der Waals surface area contributed by atoms with Crippen molar-refractivity contribution in [2.24, 2.45) is 0 Å². The van der Waals surface area contributed by atoms with Crippen LogP contribution in [0.15, 0.2) is 48.1 Å². The summed E-state index contributed by atoms with van der Waals surface area (Å²) in [5, 5.41) is 25.1. The molecule has 5 rings (SSSR count). The third-order valence-electron chi connectivity index (χ3n) is 4.93. The minimum absolute atomic E-state index is 0.0101. The van der Waals surface area contributed by atoms with Gasteiger partial charge in [0.25, 0.3) is 0 Å². The molecule has 8 nitrogen and oxygen atoms in total. The molecular formula is C20H17N5O3S. The topological polar surface area (TPSA) is 93.4 Å². The molecule has 1 aliphatic rings. The number of tetrazole rings is 1. The van der Waals surface area contributed by atoms with Crippen molar-refractivity contribution < 1.29 is 14.6 Å². The van der Waals surface area contributed by atoms with E-state index in [2.05, 4.69) is 32.9 Å². The Morgan fingerprint density at radius 1 is 1.28 bits per heavy atom. The van der Waals surface area contributed by atoms with Crippen LogP contribution in [0.5, 0.6) is 11.5 Å². The number of aromatic nitrogens is 4. The van der Waals surface area contributed by atoms with Crippen LogP contribution in [0.3, 0.4) is 0 Å². The molecule has 146 valence electrons. The van der Waals surface area contributed by atoms with Gasteiger partial charge in [0.15, 0.2) is 17.8 Å². The Kier molecular flexibility index (Phi) is 4.36. The maximum absolute atomic E-state index is 12.7. The lowest BCUT2D eigenvalue weighted by Crippen LogP contribution is -2.35. The van der Waals surface area contributed by atoms with E-state index < -0.39 is 0 Å². The first kappa shape index (κ1) is 17.6. The van der Waals surface area contributed by atoms with E-state index in [0.717, 1.165) is 22.1 Å². The fraction of sp³-hybridized carbons (Fsp3) is 0.200. The van der Waals surface area contributed by atoms with Crippen LogP contribution in [0.4, 0.5) is 0 Å². The lowest BCUT2D eigenvalue weighted by molar-refractivity contribution is -0.133. The largest absolute Gasteiger partial charge is 0.504 e. The number of fused-ring (bicyclic) bond motifs is 2. The highest BCUT2D eigenvalue weighted by atomic mass is 32.1. The number of amides is 1. The quantitative estimate of drug-likeness (QED) is 0.561. The summed E-state index contributed by atoms with van der Waals surface area (Å²) < 4.78 is 6.95. The molecule has 2 aromatic carbocycles. The van der Waals surface area contributed by atoms with Crippen molar-refractivity contribution in [3.8, 4) is 22.6 Å². The molecular weight excluding hydrogens is 390 g/mol. The van der Waals surface area contributed by atoms with Crippen molar-refractivity contribution in [1.29, 1.82) is 0 Å². The SMILES string of the molecule is O=C(Cn1ncnn1)N1CCOc2c(O)cc(-c3csc4ccccc34)cc2C1. The molecule has 1 aliphatic heterocycles. The molecule has 0 unspecified atom stereocenters. The first-order chi connectivity index (χ1) is 14.2. The van der Waals surface area contributed by atoms with Gasteiger partial charge in [0.2, 0.25) is 5.91 Å². The average Bonchev–Trinajstić information content (AvgIpc) is 3.33. The molecule has 0 fully saturated rings. The van der Waals surface area contributed by atoms with Gasteiger partial charge in [-0.2, -0.15) is 4.80 Å². The Bertz CT molecular complexity index is 1190. The molecule has 1 amide bonds. The predicted molar refractivity (Wildman–Crippen MR) is 108 cm³/mol. The van der Waals surface area contributed by atoms with Gasteiger partial charge >= 0.3 is 0 Å². The smallest absolute Gasteiger partial charge is 0.246 e. The van der Waals surface area contributed by atoms with Gasteiger partial charge < -0.3 is 14.7 Å². The highest BCUT2D eigenvalue weighted by Crippen LogP contribution is 2.41. The first-order valence-electron chi connectivity index (χ1n) is 9.13. The summed E-state index contributed by atoms with van der Waals surface area (Å²) in [5.74, 6) is 0.382. The summed E-state index contributed by atoms with van der Waals surface area (Å²) in [5.41, 5.74) is 2.72. The number of benzene rings is 2. The lowest BCUT2D eigenvalue weighted by Gasteiger charge is -2.19. The molecule has 0 aliphatic carbocycles. The summed E-state index contributed by atoms with van der Waals surface area (Å²) in [6, 6.07) is 11.9. The van der Waals surface area contributed by atoms with Crippen LogP contribution >= 0.6 is 11.3 Å². The van der Waals surface area contributed by atoms with Gasteiger partial charge in [-0.3, -0.25) is 4.79 Å². The summed E-state index contributed by atoms with van der Waals surface area (Å²) >= 11 is 1.66. The molecule has 1 N–H and O–H groups in total. The minimum atomic E-state index is -0.134. The molecule has 0 bridgehead atoms. The highest BCUT2D eigenvalue weighted by molar-refractivity contribution is 7.17. The lowest BCUT2D eigenvalue weighted by atomic mass is 10.0. The number of aromatic hydroxyl groups is 1. The zero-order valence-electron chi connectivity index (χ0n) is 15.4. The molecule has 9 heteroatoms. The van der Waals surface area contributed by atoms with Crippen LogP contribution in [0.25, 0.3) is 21.2 Å². The standard InChI is InChI=1S/C20H17N5O3S/c26-17-8-13(16-11-29-18-4-2-1-3-15(16)18)7-14-9-24(5-6-28-20(14)17)19(27)10-25-22-12-21-23-25/h1-4,7-8,11-12,26H,5-6,9-10H2. The van der Waals surface area contributed by atoms with Crippen molar-refractivity contribution in [2.75, 3.05) is 13.2 Å². The van der Waals surface area contributed by atoms with Gasteiger partial charge in [-0.1, -0.05) is 18.2 Å². The number of thiophene rings is 1. The predicted octanol–water partition coefficient (Wildman–Crippen LogP) is 2.68. The van der Waals surface area contributed by atoms with E-state index in [9.17, 15) is 9.90 Å². The number of phenols is 1. The third-order valence-corrected chi connectivity index (χ3v) is 5.89. The Morgan fingerprint density at radius 2 is 2.17 bits per heavy atom. The molecule has 29 heavy (non-hydrogen) atoms. The van der Waals surface area contributed by atoms with Gasteiger partial charge in [-0.15, -0.1) is 21.5 Å². The van der Waals surface area contributed by atoms with Crippen molar-refractivity contribution in [3.63, 3.8) is 0 Å². The zero-order valence-corrected chi connectivity index (χ0v) is 16.2. The van der Waals surface area contributed by atoms with E-state index in [1.165, 1.54) is 15.8 Å². The fourth-order valence-corrected chi connectivity index (χ4v) is 4.52. The second-order valence-corrected chi connectivity index (χ2v) is 7.67. The molecule has 0 saturated carbocycles. The molecule has 4 aromatic rings. The second kappa shape index (κ2) is 7.17. The summed E-state index contributed by atoms with van der Waals surface area (Å²) in [7, 11) is 0. The highest BCUT2D eigenvalue weighted by Gasteiger charge is 2.24. The van der Waals surface area contributed by atoms with E-state index in [0.29, 0.717) is 25.4 Å². The molecule has 0 radical (unpaired) electrons. The van der Waals surface area contributed by atoms with E-state index in [4.69, 9.17) is 4.74 Å². The van der Waals surface area contributed by atoms with Crippen LogP contribution < -0.4 is 4.74 Å². The van der Waals surface area contributed by atoms with Crippen LogP contribution in [-0.2, 0) is 17.9 Å². The molecule has 0 saturated heterocycles. The number of rotatable bonds is 3. The van der Waals surface area contributed by atoms with E-state index in [1.807, 2.05) is 18.2 Å². The van der Waals surface area contributed by atoms with E-state index >= 15 is 0 Å². The normalized spacial score (nSPS) is 13.7. The number of ether oxygens (including phenoxy) is 1. The molecule has 0 atom stereocenters. The summed E-state index contributed by atoms with van der Waals surface area (Å²) in [6.07, 6.45) is 1.30. The number of carbonyl (C=O) groups excluding carboxylic acids is 1. The Hall–Kier alpha value is -3.46. The van der Waals surface area contributed by atoms with Gasteiger partial charge in [0.1, 0.15) is 13.2 Å². The maximum atomic E-state index is 12.7. The maximum Gasteiger partial charge on any atom is 0.246 e. The summed E-state index contributed by atoms with van der Waals surface area (Å²) in [4.78, 5) is 15.6. The number of phenolic OH excluding ortho intramolecular Hbond substituents is 1. The van der Waals surface area contributed by atoms with Gasteiger partial charge in [0.05, 0.1) is 6.54 Å². The van der Waals surface area contributed by atoms with E-state index in [1.54, 1.807) is 22.3 Å². The number of hydrogen-bond donors (Lipinski definition) is 1. The Morgan fingerprint density at radius 3 is 3.03 bits per heavy atom. The fourth-order valence-electron chi connectivity index (χ4n) is 3.55. The van der Waals surface area contributed by atoms with Crippen LogP contribution in [0.1, 0.15) is 5.56 Å². The van der Waals surface area contributed by atoms with Crippen LogP contribution in [-0.4, -0.2) is 49.3 Å². The summed E-state index contributed by atoms with van der Waals surface area (Å²) in [6.45, 7) is 1.07. The number of carbonyl (C=O) groups is 1. The van der Waals surface area contributed by atoms with Gasteiger partial charge in [-0.05, 0) is 34.4 Å². The van der Waals surface area contributed by atoms with E-state index in [-0.39, 0.29) is 18.2 Å². The average molecular weight is 407 g/mol. The Labute approximate surface area is 169 Å². The zero-order chi connectivity index (χ0) is 19.8. The monoisotopic (exact) mass is 407 g/mol. The molecule has 3 heterocycles. The molecule has 0 spiro atoms. The first-order valence-corrected chi connectivity index (χ1v) is 10.0. The van der Waals surface area contributed by atoms with Crippen molar-refractivity contribution in [2.45, 2.75) is 13.1 Å². The Balaban J connectivity index is 1.49. The van der Waals surface area contributed by atoms with Gasteiger partial charge in [0, 0.05) is 27.8 Å². The third kappa shape index (κ3) is 3.29. The van der Waals surface area contributed by atoms with Crippen molar-refractivity contribution >= 4 is 27.3 Å². The van der Waals surface area contributed by atoms with Gasteiger partial charge in [-0.25, -0.2) is 0 Å². The molecule has 2 aromatic heterocycles. The van der Waals surface area contributed by atoms with Crippen molar-refractivity contribution in [3.05, 3.63) is 53.7 Å². The van der Waals surface area contributed by atoms with Crippen molar-refractivity contribution in [1.82, 2.24) is 25.1 Å².